The van der Waals surface area contributed by atoms with E-state index in [0.717, 1.165) is 5.75 Å². The summed E-state index contributed by atoms with van der Waals surface area (Å²) >= 11 is 1.71. The third kappa shape index (κ3) is 2.88. The Labute approximate surface area is 100 Å². The van der Waals surface area contributed by atoms with E-state index in [4.69, 9.17) is 5.73 Å². The number of amides is 1. The number of nitrogen functional groups attached to an aromatic ring is 1. The number of hydrogen-bond donors (Lipinski definition) is 1. The number of thioether (sulfide) groups is 1. The quantitative estimate of drug-likeness (QED) is 0.864. The molecule has 2 N–H and O–H groups in total. The zero-order valence-corrected chi connectivity index (χ0v) is 10.6. The van der Waals surface area contributed by atoms with E-state index in [2.05, 4.69) is 4.98 Å². The van der Waals surface area contributed by atoms with Gasteiger partial charge in [0.05, 0.1) is 5.69 Å². The summed E-state index contributed by atoms with van der Waals surface area (Å²) in [4.78, 5) is 17.8. The molecule has 5 heteroatoms. The fraction of sp³-hybridized carbons (Fsp3) is 0.455. The van der Waals surface area contributed by atoms with Gasteiger partial charge in [-0.15, -0.1) is 0 Å². The largest absolute Gasteiger partial charge is 0.397 e. The Hall–Kier alpha value is -1.23. The Kier molecular flexibility index (Phi) is 4.61. The summed E-state index contributed by atoms with van der Waals surface area (Å²) in [6, 6.07) is 3.58. The highest BCUT2D eigenvalue weighted by Crippen LogP contribution is 2.12. The van der Waals surface area contributed by atoms with Gasteiger partial charge in [-0.1, -0.05) is 0 Å². The molecule has 1 aromatic heterocycles. The molecule has 1 unspecified atom stereocenters. The van der Waals surface area contributed by atoms with Crippen molar-refractivity contribution in [2.45, 2.75) is 13.0 Å². The van der Waals surface area contributed by atoms with E-state index in [-0.39, 0.29) is 11.9 Å². The number of aromatic nitrogens is 1. The van der Waals surface area contributed by atoms with Crippen molar-refractivity contribution in [3.8, 4) is 0 Å². The predicted molar refractivity (Wildman–Crippen MR) is 68.6 cm³/mol. The molecule has 0 radical (unpaired) electrons. The lowest BCUT2D eigenvalue weighted by molar-refractivity contribution is 0.0753. The molecule has 1 amide bonds. The lowest BCUT2D eigenvalue weighted by atomic mass is 10.2. The van der Waals surface area contributed by atoms with Crippen molar-refractivity contribution in [3.63, 3.8) is 0 Å². The summed E-state index contributed by atoms with van der Waals surface area (Å²) in [5, 5.41) is 0. The number of rotatable bonds is 4. The number of anilines is 1. The molecular weight excluding hydrogens is 222 g/mol. The Morgan fingerprint density at radius 2 is 2.38 bits per heavy atom. The average Bonchev–Trinajstić information content (AvgIpc) is 2.28. The molecule has 1 atom stereocenters. The van der Waals surface area contributed by atoms with E-state index in [1.54, 1.807) is 42.0 Å². The number of nitrogens with two attached hydrogens (primary N) is 1. The van der Waals surface area contributed by atoms with Crippen LogP contribution in [0, 0.1) is 0 Å². The number of carbonyl (C=O) groups excluding carboxylic acids is 1. The molecule has 0 aliphatic carbocycles. The molecule has 1 rings (SSSR count). The molecule has 88 valence electrons. The third-order valence-electron chi connectivity index (χ3n) is 2.43. The maximum atomic E-state index is 12.1. The van der Waals surface area contributed by atoms with Crippen LogP contribution in [0.4, 0.5) is 5.69 Å². The van der Waals surface area contributed by atoms with Crippen LogP contribution in [-0.2, 0) is 0 Å². The van der Waals surface area contributed by atoms with Gasteiger partial charge in [0.25, 0.3) is 5.91 Å². The van der Waals surface area contributed by atoms with E-state index in [1.807, 2.05) is 13.2 Å². The molecule has 4 nitrogen and oxygen atoms in total. The predicted octanol–water partition coefficient (Wildman–Crippen LogP) is 1.49. The minimum atomic E-state index is -0.125. The summed E-state index contributed by atoms with van der Waals surface area (Å²) in [6.45, 7) is 2.01. The van der Waals surface area contributed by atoms with Crippen molar-refractivity contribution in [3.05, 3.63) is 24.0 Å². The van der Waals surface area contributed by atoms with Gasteiger partial charge in [-0.25, -0.2) is 4.98 Å². The second kappa shape index (κ2) is 5.75. The maximum absolute atomic E-state index is 12.1. The average molecular weight is 239 g/mol. The van der Waals surface area contributed by atoms with E-state index in [1.165, 1.54) is 0 Å². The number of pyridine rings is 1. The van der Waals surface area contributed by atoms with E-state index in [9.17, 15) is 4.79 Å². The highest BCUT2D eigenvalue weighted by atomic mass is 32.2. The summed E-state index contributed by atoms with van der Waals surface area (Å²) < 4.78 is 0. The van der Waals surface area contributed by atoms with Crippen LogP contribution < -0.4 is 5.73 Å². The first-order valence-electron chi connectivity index (χ1n) is 5.04. The number of hydrogen-bond acceptors (Lipinski definition) is 4. The van der Waals surface area contributed by atoms with Crippen LogP contribution >= 0.6 is 11.8 Å². The molecule has 0 saturated heterocycles. The van der Waals surface area contributed by atoms with Crippen LogP contribution in [0.3, 0.4) is 0 Å². The second-order valence-electron chi connectivity index (χ2n) is 3.66. The molecule has 1 heterocycles. The molecule has 1 aromatic rings. The molecule has 0 aromatic carbocycles. The zero-order chi connectivity index (χ0) is 12.1. The van der Waals surface area contributed by atoms with Crippen molar-refractivity contribution in [1.82, 2.24) is 9.88 Å². The van der Waals surface area contributed by atoms with Crippen LogP contribution in [0.2, 0.25) is 0 Å². The van der Waals surface area contributed by atoms with Crippen molar-refractivity contribution >= 4 is 23.4 Å². The Bertz CT molecular complexity index is 370. The van der Waals surface area contributed by atoms with E-state index < -0.39 is 0 Å². The molecule has 0 saturated carbocycles. The molecule has 16 heavy (non-hydrogen) atoms. The summed E-state index contributed by atoms with van der Waals surface area (Å²) in [5.74, 6) is 0.772. The van der Waals surface area contributed by atoms with Gasteiger partial charge >= 0.3 is 0 Å². The normalized spacial score (nSPS) is 12.2. The summed E-state index contributed by atoms with van der Waals surface area (Å²) in [5.41, 5.74) is 6.48. The first-order valence-corrected chi connectivity index (χ1v) is 6.44. The van der Waals surface area contributed by atoms with Crippen LogP contribution in [0.15, 0.2) is 18.3 Å². The summed E-state index contributed by atoms with van der Waals surface area (Å²) in [7, 11) is 1.78. The van der Waals surface area contributed by atoms with Gasteiger partial charge in [0.1, 0.15) is 0 Å². The van der Waals surface area contributed by atoms with Crippen LogP contribution in [0.25, 0.3) is 0 Å². The minimum absolute atomic E-state index is 0.125. The zero-order valence-electron chi connectivity index (χ0n) is 9.80. The van der Waals surface area contributed by atoms with Crippen molar-refractivity contribution in [1.29, 1.82) is 0 Å². The van der Waals surface area contributed by atoms with Crippen molar-refractivity contribution in [2.75, 3.05) is 24.8 Å². The van der Waals surface area contributed by atoms with Crippen LogP contribution in [-0.4, -0.2) is 40.9 Å². The standard InChI is InChI=1S/C11H17N3OS/c1-8(7-16-3)14(2)11(15)10-9(12)5-4-6-13-10/h4-6,8H,7,12H2,1-3H3. The summed E-state index contributed by atoms with van der Waals surface area (Å²) in [6.07, 6.45) is 3.60. The lowest BCUT2D eigenvalue weighted by Crippen LogP contribution is -2.37. The minimum Gasteiger partial charge on any atom is -0.397 e. The smallest absolute Gasteiger partial charge is 0.274 e. The van der Waals surface area contributed by atoms with Crippen LogP contribution in [0.1, 0.15) is 17.4 Å². The molecule has 0 aliphatic heterocycles. The fourth-order valence-electron chi connectivity index (χ4n) is 1.32. The second-order valence-corrected chi connectivity index (χ2v) is 4.57. The van der Waals surface area contributed by atoms with E-state index in [0.29, 0.717) is 11.4 Å². The lowest BCUT2D eigenvalue weighted by Gasteiger charge is -2.24. The Morgan fingerprint density at radius 3 is 2.94 bits per heavy atom. The SMILES string of the molecule is CSCC(C)N(C)C(=O)c1ncccc1N. The molecule has 0 bridgehead atoms. The third-order valence-corrected chi connectivity index (χ3v) is 3.25. The maximum Gasteiger partial charge on any atom is 0.274 e. The molecule has 0 fully saturated rings. The number of nitrogens with zero attached hydrogens (tertiary/aromatic N) is 2. The molecule has 0 spiro atoms. The first kappa shape index (κ1) is 12.8. The van der Waals surface area contributed by atoms with Gasteiger partial charge in [0, 0.05) is 25.0 Å². The van der Waals surface area contributed by atoms with Crippen molar-refractivity contribution in [2.24, 2.45) is 0 Å². The van der Waals surface area contributed by atoms with Gasteiger partial charge in [-0.2, -0.15) is 11.8 Å². The Balaban J connectivity index is 2.82. The molecular formula is C11H17N3OS. The van der Waals surface area contributed by atoms with Gasteiger partial charge in [0.15, 0.2) is 5.69 Å². The first-order chi connectivity index (χ1) is 7.57. The van der Waals surface area contributed by atoms with Gasteiger partial charge in [-0.05, 0) is 25.3 Å². The highest BCUT2D eigenvalue weighted by Gasteiger charge is 2.19. The Morgan fingerprint density at radius 1 is 1.69 bits per heavy atom. The fourth-order valence-corrected chi connectivity index (χ4v) is 2.02. The van der Waals surface area contributed by atoms with Crippen molar-refractivity contribution < 1.29 is 4.79 Å². The highest BCUT2D eigenvalue weighted by molar-refractivity contribution is 7.98. The topological polar surface area (TPSA) is 59.2 Å². The van der Waals surface area contributed by atoms with Crippen LogP contribution in [0.5, 0.6) is 0 Å². The van der Waals surface area contributed by atoms with E-state index >= 15 is 0 Å². The van der Waals surface area contributed by atoms with Gasteiger partial charge < -0.3 is 10.6 Å². The number of carbonyl (C=O) groups is 1. The monoisotopic (exact) mass is 239 g/mol. The van der Waals surface area contributed by atoms with Gasteiger partial charge in [-0.3, -0.25) is 4.79 Å². The van der Waals surface area contributed by atoms with Gasteiger partial charge in [0.2, 0.25) is 0 Å². The molecule has 0 aliphatic rings.